The van der Waals surface area contributed by atoms with Crippen molar-refractivity contribution < 1.29 is 4.74 Å². The Hall–Kier alpha value is -0.960. The smallest absolute Gasteiger partial charge is 0.149 e. The number of fused-ring (bicyclic) bond motifs is 1. The molecule has 29 heavy (non-hydrogen) atoms. The minimum absolute atomic E-state index is 0.0662. The molecule has 0 bridgehead atoms. The van der Waals surface area contributed by atoms with E-state index in [1.807, 2.05) is 5.01 Å². The molecule has 162 valence electrons. The molecule has 0 aromatic heterocycles. The Morgan fingerprint density at radius 1 is 1.28 bits per heavy atom. The summed E-state index contributed by atoms with van der Waals surface area (Å²) < 4.78 is 6.19. The standard InChI is InChI=1S/C22H38N6O/c1-15-5-8-18(29-14-16-6-7-16)12-19(15)28(23)22-25-13-17-9-11-27(21(17)26-22)20-4-2-3-10-24-20/h5,13,16,18-22,24-26H,2-4,6-12,14,23H2,1H3. The first-order chi connectivity index (χ1) is 14.2. The average Bonchev–Trinajstić information content (AvgIpc) is 3.50. The minimum Gasteiger partial charge on any atom is -0.378 e. The number of hydrogen-bond acceptors (Lipinski definition) is 7. The van der Waals surface area contributed by atoms with Crippen molar-refractivity contribution in [2.75, 3.05) is 19.7 Å². The molecule has 5 unspecified atom stereocenters. The number of nitrogens with two attached hydrogens (primary N) is 1. The zero-order valence-corrected chi connectivity index (χ0v) is 17.8. The second-order valence-corrected chi connectivity index (χ2v) is 9.59. The summed E-state index contributed by atoms with van der Waals surface area (Å²) in [5.41, 5.74) is 2.80. The molecule has 3 aliphatic heterocycles. The van der Waals surface area contributed by atoms with Gasteiger partial charge in [0.25, 0.3) is 0 Å². The summed E-state index contributed by atoms with van der Waals surface area (Å²) in [6.45, 7) is 5.37. The maximum absolute atomic E-state index is 6.70. The first kappa shape index (κ1) is 20.0. The number of likely N-dealkylation sites (tertiary alicyclic amines) is 1. The molecule has 0 aromatic carbocycles. The molecule has 0 amide bonds. The maximum Gasteiger partial charge on any atom is 0.149 e. The highest BCUT2D eigenvalue weighted by molar-refractivity contribution is 5.20. The molecule has 2 saturated heterocycles. The van der Waals surface area contributed by atoms with E-state index in [9.17, 15) is 0 Å². The van der Waals surface area contributed by atoms with Crippen molar-refractivity contribution in [1.29, 1.82) is 0 Å². The van der Waals surface area contributed by atoms with Gasteiger partial charge >= 0.3 is 0 Å². The molecule has 2 aliphatic carbocycles. The van der Waals surface area contributed by atoms with Gasteiger partial charge in [-0.2, -0.15) is 0 Å². The third kappa shape index (κ3) is 4.40. The number of nitrogens with zero attached hydrogens (tertiary/aromatic N) is 2. The van der Waals surface area contributed by atoms with Crippen LogP contribution in [-0.4, -0.2) is 60.4 Å². The summed E-state index contributed by atoms with van der Waals surface area (Å²) in [7, 11) is 0. The first-order valence-corrected chi connectivity index (χ1v) is 11.7. The third-order valence-electron chi connectivity index (χ3n) is 7.41. The lowest BCUT2D eigenvalue weighted by Crippen LogP contribution is -2.68. The molecule has 5 rings (SSSR count). The fourth-order valence-corrected chi connectivity index (χ4v) is 5.31. The van der Waals surface area contributed by atoms with E-state index < -0.39 is 0 Å². The normalized spacial score (nSPS) is 38.4. The molecule has 3 fully saturated rings. The highest BCUT2D eigenvalue weighted by atomic mass is 16.5. The van der Waals surface area contributed by atoms with Crippen molar-refractivity contribution in [3.63, 3.8) is 0 Å². The van der Waals surface area contributed by atoms with E-state index in [-0.39, 0.29) is 18.5 Å². The summed E-state index contributed by atoms with van der Waals surface area (Å²) in [6.07, 6.45) is 15.2. The zero-order chi connectivity index (χ0) is 19.8. The Morgan fingerprint density at radius 2 is 2.17 bits per heavy atom. The van der Waals surface area contributed by atoms with Crippen LogP contribution in [0.2, 0.25) is 0 Å². The lowest BCUT2D eigenvalue weighted by atomic mass is 9.92. The van der Waals surface area contributed by atoms with E-state index in [0.717, 1.165) is 44.9 Å². The van der Waals surface area contributed by atoms with Gasteiger partial charge in [-0.05, 0) is 76.3 Å². The van der Waals surface area contributed by atoms with Crippen LogP contribution in [0.1, 0.15) is 58.3 Å². The molecule has 1 saturated carbocycles. The molecule has 7 nitrogen and oxygen atoms in total. The monoisotopic (exact) mass is 402 g/mol. The van der Waals surface area contributed by atoms with Gasteiger partial charge in [-0.25, -0.2) is 5.01 Å². The van der Waals surface area contributed by atoms with Gasteiger partial charge < -0.3 is 15.4 Å². The second kappa shape index (κ2) is 8.65. The quantitative estimate of drug-likeness (QED) is 0.305. The van der Waals surface area contributed by atoms with E-state index >= 15 is 0 Å². The van der Waals surface area contributed by atoms with Crippen LogP contribution in [0.4, 0.5) is 0 Å². The van der Waals surface area contributed by atoms with Gasteiger partial charge in [-0.1, -0.05) is 11.6 Å². The maximum atomic E-state index is 6.70. The number of rotatable bonds is 6. The predicted molar refractivity (Wildman–Crippen MR) is 114 cm³/mol. The summed E-state index contributed by atoms with van der Waals surface area (Å²) >= 11 is 0. The molecular formula is C22H38N6O. The van der Waals surface area contributed by atoms with Crippen LogP contribution in [0.25, 0.3) is 0 Å². The van der Waals surface area contributed by atoms with Crippen molar-refractivity contribution in [2.24, 2.45) is 11.8 Å². The van der Waals surface area contributed by atoms with Crippen LogP contribution >= 0.6 is 0 Å². The Kier molecular flexibility index (Phi) is 5.96. The number of hydrazine groups is 1. The van der Waals surface area contributed by atoms with Gasteiger partial charge in [0.1, 0.15) is 6.29 Å². The van der Waals surface area contributed by atoms with E-state index in [1.54, 1.807) is 0 Å². The first-order valence-electron chi connectivity index (χ1n) is 11.7. The SMILES string of the molecule is CC1=CCC(OCC2CC2)CC1N(N)C1NC=C2CCN(C3CCCCN3)C2N1. The Bertz CT molecular complexity index is 641. The molecule has 0 radical (unpaired) electrons. The van der Waals surface area contributed by atoms with E-state index in [4.69, 9.17) is 10.6 Å². The van der Waals surface area contributed by atoms with E-state index in [1.165, 1.54) is 43.3 Å². The van der Waals surface area contributed by atoms with Crippen LogP contribution in [0.15, 0.2) is 23.4 Å². The topological polar surface area (TPSA) is 77.8 Å². The van der Waals surface area contributed by atoms with Gasteiger partial charge in [0.15, 0.2) is 0 Å². The fourth-order valence-electron chi connectivity index (χ4n) is 5.31. The van der Waals surface area contributed by atoms with Crippen LogP contribution in [0, 0.1) is 5.92 Å². The molecule has 0 spiro atoms. The Balaban J connectivity index is 1.22. The Morgan fingerprint density at radius 3 is 2.97 bits per heavy atom. The fraction of sp³-hybridized carbons (Fsp3) is 0.818. The molecule has 5 N–H and O–H groups in total. The van der Waals surface area contributed by atoms with E-state index in [0.29, 0.717) is 12.3 Å². The largest absolute Gasteiger partial charge is 0.378 e. The van der Waals surface area contributed by atoms with Crippen LogP contribution < -0.4 is 21.8 Å². The van der Waals surface area contributed by atoms with Crippen molar-refractivity contribution in [3.8, 4) is 0 Å². The van der Waals surface area contributed by atoms with Gasteiger partial charge in [-0.15, -0.1) is 0 Å². The molecule has 5 atom stereocenters. The summed E-state index contributed by atoms with van der Waals surface area (Å²) in [6, 6.07) is 0.204. The van der Waals surface area contributed by atoms with Gasteiger partial charge in [0, 0.05) is 19.4 Å². The summed E-state index contributed by atoms with van der Waals surface area (Å²) in [4.78, 5) is 2.60. The third-order valence-corrected chi connectivity index (χ3v) is 7.41. The number of nitrogens with one attached hydrogen (secondary N) is 3. The van der Waals surface area contributed by atoms with Crippen LogP contribution in [0.3, 0.4) is 0 Å². The van der Waals surface area contributed by atoms with Crippen molar-refractivity contribution >= 4 is 0 Å². The highest BCUT2D eigenvalue weighted by Gasteiger charge is 2.40. The lowest BCUT2D eigenvalue weighted by molar-refractivity contribution is -0.00209. The van der Waals surface area contributed by atoms with Crippen molar-refractivity contribution in [2.45, 2.75) is 89.1 Å². The summed E-state index contributed by atoms with van der Waals surface area (Å²) in [5.74, 6) is 7.51. The van der Waals surface area contributed by atoms with Gasteiger partial charge in [0.2, 0.25) is 0 Å². The van der Waals surface area contributed by atoms with E-state index in [2.05, 4.69) is 40.0 Å². The molecule has 0 aromatic rings. The predicted octanol–water partition coefficient (Wildman–Crippen LogP) is 1.56. The molecule has 5 aliphatic rings. The average molecular weight is 403 g/mol. The molecular weight excluding hydrogens is 364 g/mol. The van der Waals surface area contributed by atoms with Gasteiger partial charge in [0.05, 0.1) is 24.5 Å². The van der Waals surface area contributed by atoms with Crippen molar-refractivity contribution in [1.82, 2.24) is 25.9 Å². The second-order valence-electron chi connectivity index (χ2n) is 9.59. The van der Waals surface area contributed by atoms with Gasteiger partial charge in [-0.3, -0.25) is 16.1 Å². The van der Waals surface area contributed by atoms with Crippen LogP contribution in [0.5, 0.6) is 0 Å². The highest BCUT2D eigenvalue weighted by Crippen LogP contribution is 2.32. The number of piperidine rings is 1. The lowest BCUT2D eigenvalue weighted by Gasteiger charge is -2.44. The number of hydrogen-bond donors (Lipinski definition) is 4. The minimum atomic E-state index is -0.0662. The zero-order valence-electron chi connectivity index (χ0n) is 17.8. The van der Waals surface area contributed by atoms with Crippen LogP contribution in [-0.2, 0) is 4.74 Å². The molecule has 7 heteroatoms. The Labute approximate surface area is 175 Å². The summed E-state index contributed by atoms with van der Waals surface area (Å²) in [5, 5.41) is 13.0. The van der Waals surface area contributed by atoms with Crippen molar-refractivity contribution in [3.05, 3.63) is 23.4 Å². The molecule has 3 heterocycles. The number of ether oxygens (including phenoxy) is 1.